The van der Waals surface area contributed by atoms with Crippen molar-refractivity contribution in [1.29, 1.82) is 0 Å². The summed E-state index contributed by atoms with van der Waals surface area (Å²) in [7, 11) is 0. The minimum atomic E-state index is -4.34. The molecule has 6 heteroatoms. The third kappa shape index (κ3) is 3.41. The van der Waals surface area contributed by atoms with Gasteiger partial charge in [-0.25, -0.2) is 0 Å². The lowest BCUT2D eigenvalue weighted by atomic mass is 9.95. The SMILES string of the molecule is CCNC(c1ccc(C(F)(F)F)cc1C)c1ccoc1Cl. The average Bonchev–Trinajstić information content (AvgIpc) is 2.81. The number of nitrogens with one attached hydrogen (secondary N) is 1. The van der Waals surface area contributed by atoms with Crippen LogP contribution in [0.1, 0.15) is 35.2 Å². The predicted octanol–water partition coefficient (Wildman–Crippen LogP) is 4.96. The van der Waals surface area contributed by atoms with Crippen molar-refractivity contribution in [3.8, 4) is 0 Å². The minimum absolute atomic E-state index is 0.236. The first kappa shape index (κ1) is 15.9. The molecular formula is C15H15ClF3NO. The Labute approximate surface area is 125 Å². The van der Waals surface area contributed by atoms with Crippen molar-refractivity contribution in [3.05, 3.63) is 58.0 Å². The van der Waals surface area contributed by atoms with Crippen LogP contribution in [0.5, 0.6) is 0 Å². The quantitative estimate of drug-likeness (QED) is 0.862. The third-order valence-corrected chi connectivity index (χ3v) is 3.58. The molecule has 114 valence electrons. The topological polar surface area (TPSA) is 25.2 Å². The van der Waals surface area contributed by atoms with Crippen LogP contribution in [-0.2, 0) is 6.18 Å². The van der Waals surface area contributed by atoms with Gasteiger partial charge in [-0.15, -0.1) is 0 Å². The number of alkyl halides is 3. The summed E-state index contributed by atoms with van der Waals surface area (Å²) in [6, 6.07) is 5.12. The van der Waals surface area contributed by atoms with Gasteiger partial charge in [0, 0.05) is 5.56 Å². The summed E-state index contributed by atoms with van der Waals surface area (Å²) in [4.78, 5) is 0. The van der Waals surface area contributed by atoms with E-state index in [1.807, 2.05) is 6.92 Å². The molecule has 1 aromatic heterocycles. The first-order valence-corrected chi connectivity index (χ1v) is 6.86. The fourth-order valence-corrected chi connectivity index (χ4v) is 2.50. The lowest BCUT2D eigenvalue weighted by molar-refractivity contribution is -0.137. The van der Waals surface area contributed by atoms with Gasteiger partial charge < -0.3 is 9.73 Å². The molecular weight excluding hydrogens is 303 g/mol. The molecule has 1 unspecified atom stereocenters. The van der Waals surface area contributed by atoms with Crippen LogP contribution in [0.25, 0.3) is 0 Å². The standard InChI is InChI=1S/C15H15ClF3NO/c1-3-20-13(12-6-7-21-14(12)16)11-5-4-10(8-9(11)2)15(17,18)19/h4-8,13,20H,3H2,1-2H3. The number of halogens is 4. The van der Waals surface area contributed by atoms with Crippen LogP contribution in [0.4, 0.5) is 13.2 Å². The molecule has 1 aromatic carbocycles. The Bertz CT molecular complexity index is 622. The molecule has 2 nitrogen and oxygen atoms in total. The van der Waals surface area contributed by atoms with E-state index in [2.05, 4.69) is 5.32 Å². The van der Waals surface area contributed by atoms with Crippen LogP contribution >= 0.6 is 11.6 Å². The van der Waals surface area contributed by atoms with E-state index in [0.717, 1.165) is 17.7 Å². The van der Waals surface area contributed by atoms with Gasteiger partial charge >= 0.3 is 6.18 Å². The van der Waals surface area contributed by atoms with Gasteiger partial charge in [-0.1, -0.05) is 13.0 Å². The molecule has 0 saturated carbocycles. The molecule has 0 amide bonds. The van der Waals surface area contributed by atoms with E-state index >= 15 is 0 Å². The molecule has 2 rings (SSSR count). The Morgan fingerprint density at radius 2 is 1.95 bits per heavy atom. The molecule has 0 fully saturated rings. The lowest BCUT2D eigenvalue weighted by Gasteiger charge is -2.20. The molecule has 0 bridgehead atoms. The zero-order valence-corrected chi connectivity index (χ0v) is 12.3. The zero-order valence-electron chi connectivity index (χ0n) is 11.6. The lowest BCUT2D eigenvalue weighted by Crippen LogP contribution is -2.23. The Balaban J connectivity index is 2.45. The summed E-state index contributed by atoms with van der Waals surface area (Å²) >= 11 is 5.99. The highest BCUT2D eigenvalue weighted by atomic mass is 35.5. The monoisotopic (exact) mass is 317 g/mol. The largest absolute Gasteiger partial charge is 0.453 e. The highest BCUT2D eigenvalue weighted by molar-refractivity contribution is 6.29. The average molecular weight is 318 g/mol. The fraction of sp³-hybridized carbons (Fsp3) is 0.333. The Kier molecular flexibility index (Phi) is 4.64. The number of hydrogen-bond donors (Lipinski definition) is 1. The highest BCUT2D eigenvalue weighted by Gasteiger charge is 2.31. The van der Waals surface area contributed by atoms with Crippen LogP contribution in [0.3, 0.4) is 0 Å². The van der Waals surface area contributed by atoms with Crippen molar-refractivity contribution in [2.45, 2.75) is 26.1 Å². The second-order valence-corrected chi connectivity index (χ2v) is 5.05. The van der Waals surface area contributed by atoms with E-state index in [4.69, 9.17) is 16.0 Å². The van der Waals surface area contributed by atoms with Crippen molar-refractivity contribution in [3.63, 3.8) is 0 Å². The predicted molar refractivity (Wildman–Crippen MR) is 75.4 cm³/mol. The molecule has 1 N–H and O–H groups in total. The number of benzene rings is 1. The fourth-order valence-electron chi connectivity index (χ4n) is 2.28. The van der Waals surface area contributed by atoms with E-state index in [-0.39, 0.29) is 11.3 Å². The minimum Gasteiger partial charge on any atom is -0.453 e. The number of aryl methyl sites for hydroxylation is 1. The van der Waals surface area contributed by atoms with Gasteiger partial charge in [0.15, 0.2) is 5.22 Å². The molecule has 0 spiro atoms. The van der Waals surface area contributed by atoms with Gasteiger partial charge in [-0.2, -0.15) is 13.2 Å². The Morgan fingerprint density at radius 1 is 1.24 bits per heavy atom. The summed E-state index contributed by atoms with van der Waals surface area (Å²) in [5.41, 5.74) is 1.35. The van der Waals surface area contributed by atoms with E-state index in [0.29, 0.717) is 17.7 Å². The Morgan fingerprint density at radius 3 is 2.43 bits per heavy atom. The van der Waals surface area contributed by atoms with Crippen LogP contribution in [0.2, 0.25) is 5.22 Å². The van der Waals surface area contributed by atoms with Gasteiger partial charge in [0.2, 0.25) is 0 Å². The molecule has 2 aromatic rings. The maximum absolute atomic E-state index is 12.7. The highest BCUT2D eigenvalue weighted by Crippen LogP contribution is 2.35. The second-order valence-electron chi connectivity index (χ2n) is 4.71. The van der Waals surface area contributed by atoms with Gasteiger partial charge in [0.1, 0.15) is 0 Å². The molecule has 0 aliphatic carbocycles. The Hall–Kier alpha value is -1.46. The maximum Gasteiger partial charge on any atom is 0.416 e. The molecule has 21 heavy (non-hydrogen) atoms. The normalized spacial score (nSPS) is 13.4. The second kappa shape index (κ2) is 6.12. The van der Waals surface area contributed by atoms with E-state index < -0.39 is 11.7 Å². The van der Waals surface area contributed by atoms with E-state index in [1.165, 1.54) is 12.3 Å². The van der Waals surface area contributed by atoms with Gasteiger partial charge in [-0.3, -0.25) is 0 Å². The summed E-state index contributed by atoms with van der Waals surface area (Å²) in [6.07, 6.45) is -2.88. The van der Waals surface area contributed by atoms with Crippen molar-refractivity contribution < 1.29 is 17.6 Å². The van der Waals surface area contributed by atoms with Crippen molar-refractivity contribution in [1.82, 2.24) is 5.32 Å². The van der Waals surface area contributed by atoms with Gasteiger partial charge in [0.05, 0.1) is 17.9 Å². The van der Waals surface area contributed by atoms with E-state index in [9.17, 15) is 13.2 Å². The smallest absolute Gasteiger partial charge is 0.416 e. The van der Waals surface area contributed by atoms with Gasteiger partial charge in [0.25, 0.3) is 0 Å². The number of rotatable bonds is 4. The molecule has 1 heterocycles. The van der Waals surface area contributed by atoms with Crippen LogP contribution < -0.4 is 5.32 Å². The first-order valence-electron chi connectivity index (χ1n) is 6.48. The zero-order chi connectivity index (χ0) is 15.6. The summed E-state index contributed by atoms with van der Waals surface area (Å²) < 4.78 is 43.3. The number of furan rings is 1. The van der Waals surface area contributed by atoms with Crippen LogP contribution in [0, 0.1) is 6.92 Å². The number of hydrogen-bond acceptors (Lipinski definition) is 2. The summed E-state index contributed by atoms with van der Waals surface area (Å²) in [5, 5.41) is 3.45. The van der Waals surface area contributed by atoms with Gasteiger partial charge in [-0.05, 0) is 54.4 Å². The van der Waals surface area contributed by atoms with Crippen molar-refractivity contribution in [2.75, 3.05) is 6.54 Å². The molecule has 1 atom stereocenters. The molecule has 0 radical (unpaired) electrons. The molecule has 0 aliphatic heterocycles. The third-order valence-electron chi connectivity index (χ3n) is 3.27. The van der Waals surface area contributed by atoms with Crippen molar-refractivity contribution >= 4 is 11.6 Å². The van der Waals surface area contributed by atoms with E-state index in [1.54, 1.807) is 13.0 Å². The van der Waals surface area contributed by atoms with Crippen LogP contribution in [-0.4, -0.2) is 6.54 Å². The van der Waals surface area contributed by atoms with Crippen molar-refractivity contribution in [2.24, 2.45) is 0 Å². The molecule has 0 saturated heterocycles. The van der Waals surface area contributed by atoms with Crippen LogP contribution in [0.15, 0.2) is 34.9 Å². The maximum atomic E-state index is 12.7. The first-order chi connectivity index (χ1) is 9.84. The summed E-state index contributed by atoms with van der Waals surface area (Å²) in [6.45, 7) is 4.22. The molecule has 0 aliphatic rings. The summed E-state index contributed by atoms with van der Waals surface area (Å²) in [5.74, 6) is 0.